The van der Waals surface area contributed by atoms with Gasteiger partial charge >= 0.3 is 11.8 Å². The number of imide groups is 1. The smallest absolute Gasteiger partial charge is 0.359 e. The molecule has 4 bridgehead atoms. The van der Waals surface area contributed by atoms with Crippen molar-refractivity contribution >= 4 is 17.5 Å². The van der Waals surface area contributed by atoms with Crippen molar-refractivity contribution in [1.82, 2.24) is 4.65 Å². The molecule has 2 amide bonds. The SMILES string of the molecule is O=C1c2ccc3cc2C(=O)[N+]13[O-]. The van der Waals surface area contributed by atoms with Crippen molar-refractivity contribution in [2.75, 3.05) is 0 Å². The molecule has 4 rings (SSSR count). The van der Waals surface area contributed by atoms with Gasteiger partial charge in [-0.1, -0.05) is 0 Å². The average molecular weight is 161 g/mol. The summed E-state index contributed by atoms with van der Waals surface area (Å²) in [5.41, 5.74) is 0.799. The van der Waals surface area contributed by atoms with Crippen LogP contribution in [-0.2, 0) is 0 Å². The molecule has 0 radical (unpaired) electrons. The van der Waals surface area contributed by atoms with Crippen LogP contribution < -0.4 is 4.65 Å². The molecule has 0 N–H and O–H groups in total. The van der Waals surface area contributed by atoms with Crippen molar-refractivity contribution in [2.24, 2.45) is 0 Å². The summed E-state index contributed by atoms with van der Waals surface area (Å²) in [5.74, 6) is -1.26. The van der Waals surface area contributed by atoms with Crippen LogP contribution in [0, 0.1) is 5.21 Å². The van der Waals surface area contributed by atoms with Gasteiger partial charge in [-0.3, -0.25) is 0 Å². The van der Waals surface area contributed by atoms with E-state index in [1.807, 2.05) is 0 Å². The normalized spacial score (nSPS) is 29.1. The van der Waals surface area contributed by atoms with Gasteiger partial charge in [0.25, 0.3) is 0 Å². The van der Waals surface area contributed by atoms with Gasteiger partial charge in [0.05, 0.1) is 5.56 Å². The topological polar surface area (TPSA) is 57.2 Å². The standard InChI is InChI=1S/C8H3NO3/c10-7-5-2-1-4-3-6(5)8(11)9(4,7)12/h1-3H. The van der Waals surface area contributed by atoms with Gasteiger partial charge in [0.15, 0.2) is 0 Å². The first-order valence-corrected chi connectivity index (χ1v) is 3.50. The van der Waals surface area contributed by atoms with E-state index in [4.69, 9.17) is 0 Å². The lowest BCUT2D eigenvalue weighted by Gasteiger charge is -2.30. The third-order valence-electron chi connectivity index (χ3n) is 2.40. The first-order chi connectivity index (χ1) is 5.65. The Balaban J connectivity index is 2.58. The van der Waals surface area contributed by atoms with E-state index >= 15 is 0 Å². The average Bonchev–Trinajstić information content (AvgIpc) is 2.38. The number of hydrogen-bond acceptors (Lipinski definition) is 3. The Bertz CT molecular complexity index is 452. The van der Waals surface area contributed by atoms with Gasteiger partial charge in [-0.2, -0.15) is 4.65 Å². The molecule has 4 heteroatoms. The maximum absolute atomic E-state index is 11.6. The highest BCUT2D eigenvalue weighted by Gasteiger charge is 2.55. The molecule has 3 heterocycles. The number of fused-ring (bicyclic) bond motifs is 1. The Morgan fingerprint density at radius 1 is 1.08 bits per heavy atom. The molecule has 0 spiro atoms. The Morgan fingerprint density at radius 2 is 1.75 bits per heavy atom. The monoisotopic (exact) mass is 161 g/mol. The van der Waals surface area contributed by atoms with Gasteiger partial charge in [-0.15, -0.1) is 0 Å². The number of benzene rings is 1. The summed E-state index contributed by atoms with van der Waals surface area (Å²) in [6.07, 6.45) is 0. The fraction of sp³-hybridized carbons (Fsp3) is 0. The highest BCUT2D eigenvalue weighted by molar-refractivity contribution is 6.33. The summed E-state index contributed by atoms with van der Waals surface area (Å²) in [4.78, 5) is 22.5. The van der Waals surface area contributed by atoms with Crippen LogP contribution in [-0.4, -0.2) is 11.8 Å². The van der Waals surface area contributed by atoms with Crippen LogP contribution in [0.25, 0.3) is 0 Å². The molecule has 0 fully saturated rings. The van der Waals surface area contributed by atoms with E-state index in [0.717, 1.165) is 0 Å². The summed E-state index contributed by atoms with van der Waals surface area (Å²) in [7, 11) is 0. The van der Waals surface area contributed by atoms with E-state index in [1.165, 1.54) is 18.2 Å². The number of quaternary nitrogens is 1. The van der Waals surface area contributed by atoms with Crippen LogP contribution in [0.2, 0.25) is 0 Å². The molecule has 0 aromatic heterocycles. The number of rotatable bonds is 0. The van der Waals surface area contributed by atoms with Crippen molar-refractivity contribution in [2.45, 2.75) is 0 Å². The second-order valence-electron chi connectivity index (χ2n) is 2.95. The fourth-order valence-electron chi connectivity index (χ4n) is 1.76. The first kappa shape index (κ1) is 6.05. The molecule has 58 valence electrons. The minimum atomic E-state index is -1.40. The molecule has 1 atom stereocenters. The Labute approximate surface area is 67.2 Å². The summed E-state index contributed by atoms with van der Waals surface area (Å²) >= 11 is 0. The van der Waals surface area contributed by atoms with Crippen molar-refractivity contribution in [3.05, 3.63) is 34.5 Å². The maximum atomic E-state index is 11.6. The fourth-order valence-corrected chi connectivity index (χ4v) is 1.76. The number of carbonyl (C=O) groups is 2. The van der Waals surface area contributed by atoms with Crippen LogP contribution >= 0.6 is 0 Å². The zero-order chi connectivity index (χ0) is 8.51. The zero-order valence-corrected chi connectivity index (χ0v) is 5.90. The second-order valence-corrected chi connectivity index (χ2v) is 2.95. The second kappa shape index (κ2) is 1.35. The van der Waals surface area contributed by atoms with Gasteiger partial charge in [0.1, 0.15) is 11.3 Å². The van der Waals surface area contributed by atoms with E-state index in [1.54, 1.807) is 0 Å². The van der Waals surface area contributed by atoms with Gasteiger partial charge in [0.2, 0.25) is 0 Å². The molecule has 1 aromatic rings. The molecule has 0 aliphatic carbocycles. The predicted molar refractivity (Wildman–Crippen MR) is 40.3 cm³/mol. The van der Waals surface area contributed by atoms with Crippen LogP contribution in [0.15, 0.2) is 18.2 Å². The molecule has 1 unspecified atom stereocenters. The predicted octanol–water partition coefficient (Wildman–Crippen LogP) is 0.799. The third-order valence-corrected chi connectivity index (χ3v) is 2.40. The molecule has 0 saturated carbocycles. The summed E-state index contributed by atoms with van der Waals surface area (Å²) in [6.45, 7) is 0. The molecular weight excluding hydrogens is 158 g/mol. The van der Waals surface area contributed by atoms with E-state index in [0.29, 0.717) is 0 Å². The highest BCUT2D eigenvalue weighted by atomic mass is 16.6. The van der Waals surface area contributed by atoms with Gasteiger partial charge in [-0.05, 0) is 6.07 Å². The molecule has 0 saturated heterocycles. The number of nitrogens with zero attached hydrogens (tertiary/aromatic N) is 1. The van der Waals surface area contributed by atoms with E-state index in [-0.39, 0.29) is 16.8 Å². The third kappa shape index (κ3) is 0.338. The Hall–Kier alpha value is -1.52. The van der Waals surface area contributed by atoms with Gasteiger partial charge in [-0.25, -0.2) is 9.59 Å². The Morgan fingerprint density at radius 3 is 2.17 bits per heavy atom. The van der Waals surface area contributed by atoms with Gasteiger partial charge in [0, 0.05) is 12.1 Å². The minimum Gasteiger partial charge on any atom is -0.611 e. The minimum absolute atomic E-state index is 0.245. The van der Waals surface area contributed by atoms with Crippen molar-refractivity contribution < 1.29 is 9.59 Å². The van der Waals surface area contributed by atoms with E-state index < -0.39 is 16.5 Å². The van der Waals surface area contributed by atoms with E-state index in [9.17, 15) is 14.8 Å². The molecule has 4 nitrogen and oxygen atoms in total. The van der Waals surface area contributed by atoms with Crippen LogP contribution in [0.3, 0.4) is 0 Å². The molecule has 1 aromatic carbocycles. The van der Waals surface area contributed by atoms with Gasteiger partial charge < -0.3 is 5.21 Å². The van der Waals surface area contributed by atoms with Crippen molar-refractivity contribution in [3.63, 3.8) is 0 Å². The maximum Gasteiger partial charge on any atom is 0.359 e. The number of hydrogen-bond donors (Lipinski definition) is 0. The first-order valence-electron chi connectivity index (χ1n) is 3.50. The van der Waals surface area contributed by atoms with Crippen LogP contribution in [0.1, 0.15) is 20.7 Å². The number of carbonyl (C=O) groups excluding carboxylic acids is 2. The quantitative estimate of drug-likeness (QED) is 0.321. The van der Waals surface area contributed by atoms with Crippen LogP contribution in [0.4, 0.5) is 5.69 Å². The largest absolute Gasteiger partial charge is 0.611 e. The highest BCUT2D eigenvalue weighted by Crippen LogP contribution is 2.43. The summed E-state index contributed by atoms with van der Waals surface area (Å²) in [5, 5.41) is 11.6. The van der Waals surface area contributed by atoms with Crippen molar-refractivity contribution in [3.8, 4) is 0 Å². The van der Waals surface area contributed by atoms with E-state index in [2.05, 4.69) is 0 Å². The zero-order valence-electron chi connectivity index (χ0n) is 5.90. The molecule has 12 heavy (non-hydrogen) atoms. The molecule has 3 aliphatic rings. The number of hydroxylamine groups is 2. The van der Waals surface area contributed by atoms with Crippen molar-refractivity contribution in [1.29, 1.82) is 0 Å². The summed E-state index contributed by atoms with van der Waals surface area (Å²) < 4.78 is -1.40. The summed E-state index contributed by atoms with van der Waals surface area (Å²) in [6, 6.07) is 4.55. The lowest BCUT2D eigenvalue weighted by atomic mass is 10.1. The number of amides is 2. The Kier molecular flexibility index (Phi) is 0.680. The molecular formula is C8H3NO3. The van der Waals surface area contributed by atoms with Crippen LogP contribution in [0.5, 0.6) is 0 Å². The lowest BCUT2D eigenvalue weighted by Crippen LogP contribution is -2.47. The molecule has 3 aliphatic heterocycles. The lowest BCUT2D eigenvalue weighted by molar-refractivity contribution is 0.0732.